The van der Waals surface area contributed by atoms with Crippen molar-refractivity contribution >= 4 is 55.8 Å². The molecule has 27 heavy (non-hydrogen) atoms. The Kier molecular flexibility index (Phi) is 5.66. The second-order valence-electron chi connectivity index (χ2n) is 6.33. The van der Waals surface area contributed by atoms with Crippen LogP contribution >= 0.6 is 39.0 Å². The summed E-state index contributed by atoms with van der Waals surface area (Å²) in [5, 5.41) is 15.8. The normalized spacial score (nSPS) is 18.4. The molecule has 8 heteroatoms. The lowest BCUT2D eigenvalue weighted by Crippen LogP contribution is -2.50. The zero-order valence-electron chi connectivity index (χ0n) is 14.8. The predicted molar refractivity (Wildman–Crippen MR) is 115 cm³/mol. The molecule has 0 spiro atoms. The van der Waals surface area contributed by atoms with Gasteiger partial charge in [-0.1, -0.05) is 47.5 Å². The smallest absolute Gasteiger partial charge is 0.276 e. The fourth-order valence-corrected chi connectivity index (χ4v) is 4.96. The summed E-state index contributed by atoms with van der Waals surface area (Å²) in [6.45, 7) is 2.18. The van der Waals surface area contributed by atoms with Crippen LogP contribution < -0.4 is 15.9 Å². The molecule has 1 atom stereocenters. The number of fused-ring (bicyclic) bond motifs is 2. The molecule has 4 rings (SSSR count). The average Bonchev–Trinajstić information content (AvgIpc) is 3.19. The number of thioether (sulfide) groups is 1. The molecule has 0 saturated heterocycles. The Morgan fingerprint density at radius 1 is 1.33 bits per heavy atom. The molecule has 0 saturated carbocycles. The van der Waals surface area contributed by atoms with Gasteiger partial charge in [0, 0.05) is 21.0 Å². The first kappa shape index (κ1) is 18.7. The number of rotatable bonds is 5. The van der Waals surface area contributed by atoms with Gasteiger partial charge in [0.15, 0.2) is 11.3 Å². The number of halogens is 1. The number of amidine groups is 1. The summed E-state index contributed by atoms with van der Waals surface area (Å²) >= 11 is 6.71. The van der Waals surface area contributed by atoms with Crippen LogP contribution in [0.15, 0.2) is 49.6 Å². The number of hydrogen-bond donors (Lipinski definition) is 1. The minimum atomic E-state index is -0.322. The molecule has 1 N–H and O–H groups in total. The Balaban J connectivity index is 1.78. The lowest BCUT2D eigenvalue weighted by Gasteiger charge is -2.33. The summed E-state index contributed by atoms with van der Waals surface area (Å²) in [4.78, 5) is 17.9. The fraction of sp³-hybridized carbons (Fsp3) is 0.316. The van der Waals surface area contributed by atoms with Crippen LogP contribution in [-0.2, 0) is 4.79 Å². The molecule has 1 aromatic carbocycles. The third kappa shape index (κ3) is 3.83. The van der Waals surface area contributed by atoms with Crippen LogP contribution in [0, 0.1) is 0 Å². The van der Waals surface area contributed by atoms with Gasteiger partial charge in [-0.05, 0) is 41.4 Å². The van der Waals surface area contributed by atoms with Gasteiger partial charge in [-0.15, -0.1) is 5.10 Å². The molecule has 2 aromatic rings. The Labute approximate surface area is 174 Å². The molecular weight excluding hydrogens is 444 g/mol. The Morgan fingerprint density at radius 2 is 2.22 bits per heavy atom. The van der Waals surface area contributed by atoms with Crippen LogP contribution in [0.25, 0.3) is 5.70 Å². The fourth-order valence-electron chi connectivity index (χ4n) is 3.08. The molecule has 0 aliphatic carbocycles. The van der Waals surface area contributed by atoms with E-state index in [2.05, 4.69) is 33.6 Å². The molecule has 3 heterocycles. The first-order chi connectivity index (χ1) is 13.2. The van der Waals surface area contributed by atoms with Gasteiger partial charge in [0.05, 0.1) is 5.36 Å². The Hall–Kier alpha value is -1.64. The largest absolute Gasteiger partial charge is 0.298 e. The topological polar surface area (TPSA) is 57.1 Å². The summed E-state index contributed by atoms with van der Waals surface area (Å²) in [5.74, 6) is 0.816. The maximum absolute atomic E-state index is 13.0. The van der Waals surface area contributed by atoms with Crippen molar-refractivity contribution in [2.75, 3.05) is 5.75 Å². The summed E-state index contributed by atoms with van der Waals surface area (Å²) < 4.78 is 0.911. The molecule has 0 fully saturated rings. The van der Waals surface area contributed by atoms with Crippen molar-refractivity contribution in [1.82, 2.24) is 10.3 Å². The SMILES string of the molecule is CCCCCSC1=NN2C(=c3cc(Br)ccc3=N[C@H]2c2ccsc2)C(=O)N1. The van der Waals surface area contributed by atoms with E-state index in [1.54, 1.807) is 28.1 Å². The summed E-state index contributed by atoms with van der Waals surface area (Å²) in [7, 11) is 0. The number of hydrogen-bond acceptors (Lipinski definition) is 6. The van der Waals surface area contributed by atoms with Gasteiger partial charge >= 0.3 is 0 Å². The highest BCUT2D eigenvalue weighted by Crippen LogP contribution is 2.31. The van der Waals surface area contributed by atoms with Crippen molar-refractivity contribution in [3.05, 3.63) is 55.6 Å². The van der Waals surface area contributed by atoms with Gasteiger partial charge in [-0.25, -0.2) is 5.01 Å². The van der Waals surface area contributed by atoms with Crippen LogP contribution in [0.3, 0.4) is 0 Å². The van der Waals surface area contributed by atoms with Gasteiger partial charge in [0.25, 0.3) is 5.91 Å². The standard InChI is InChI=1S/C19H19BrN4OS2/c1-2-3-4-8-27-19-22-18(25)16-14-10-13(20)5-6-15(14)21-17(24(16)23-19)12-7-9-26-11-12/h5-7,9-11,17H,2-4,8H2,1H3,(H,22,23,25)/t17-/m1/s1. The van der Waals surface area contributed by atoms with Crippen molar-refractivity contribution < 1.29 is 4.79 Å². The van der Waals surface area contributed by atoms with Crippen molar-refractivity contribution in [2.24, 2.45) is 10.1 Å². The highest BCUT2D eigenvalue weighted by atomic mass is 79.9. The average molecular weight is 463 g/mol. The van der Waals surface area contributed by atoms with Crippen molar-refractivity contribution in [2.45, 2.75) is 32.4 Å². The number of thiophene rings is 1. The van der Waals surface area contributed by atoms with Crippen LogP contribution in [-0.4, -0.2) is 21.8 Å². The van der Waals surface area contributed by atoms with E-state index in [1.807, 2.05) is 29.6 Å². The van der Waals surface area contributed by atoms with Crippen molar-refractivity contribution in [1.29, 1.82) is 0 Å². The van der Waals surface area contributed by atoms with E-state index in [4.69, 9.17) is 10.1 Å². The quantitative estimate of drug-likeness (QED) is 0.690. The number of unbranched alkanes of at least 4 members (excludes halogenated alkanes) is 2. The van der Waals surface area contributed by atoms with Crippen LogP contribution in [0.1, 0.15) is 37.9 Å². The van der Waals surface area contributed by atoms with E-state index in [0.717, 1.165) is 32.8 Å². The zero-order chi connectivity index (χ0) is 18.8. The minimum Gasteiger partial charge on any atom is -0.298 e. The predicted octanol–water partition coefficient (Wildman–Crippen LogP) is 3.58. The summed E-state index contributed by atoms with van der Waals surface area (Å²) in [6, 6.07) is 7.85. The number of carbonyl (C=O) groups is 1. The number of nitrogens with zero attached hydrogens (tertiary/aromatic N) is 3. The van der Waals surface area contributed by atoms with Crippen LogP contribution in [0.4, 0.5) is 0 Å². The first-order valence-electron chi connectivity index (χ1n) is 8.89. The molecule has 0 bridgehead atoms. The van der Waals surface area contributed by atoms with E-state index >= 15 is 0 Å². The second-order valence-corrected chi connectivity index (χ2v) is 9.11. The monoisotopic (exact) mass is 462 g/mol. The minimum absolute atomic E-state index is 0.127. The molecule has 1 aromatic heterocycles. The first-order valence-corrected chi connectivity index (χ1v) is 11.6. The van der Waals surface area contributed by atoms with Gasteiger partial charge < -0.3 is 0 Å². The zero-order valence-corrected chi connectivity index (χ0v) is 18.0. The van der Waals surface area contributed by atoms with E-state index in [-0.39, 0.29) is 12.1 Å². The van der Waals surface area contributed by atoms with Crippen LogP contribution in [0.2, 0.25) is 0 Å². The number of nitrogens with one attached hydrogen (secondary N) is 1. The third-order valence-corrected chi connectivity index (χ3v) is 6.54. The van der Waals surface area contributed by atoms with Gasteiger partial charge in [-0.3, -0.25) is 15.1 Å². The maximum Gasteiger partial charge on any atom is 0.276 e. The second kappa shape index (κ2) is 8.16. The number of benzene rings is 1. The van der Waals surface area contributed by atoms with E-state index in [1.165, 1.54) is 12.8 Å². The lowest BCUT2D eigenvalue weighted by atomic mass is 10.1. The summed E-state index contributed by atoms with van der Waals surface area (Å²) in [6.07, 6.45) is 3.15. The van der Waals surface area contributed by atoms with E-state index in [9.17, 15) is 4.79 Å². The van der Waals surface area contributed by atoms with Crippen molar-refractivity contribution in [3.8, 4) is 0 Å². The maximum atomic E-state index is 13.0. The summed E-state index contributed by atoms with van der Waals surface area (Å²) in [5.41, 5.74) is 1.59. The van der Waals surface area contributed by atoms with Crippen LogP contribution in [0.5, 0.6) is 0 Å². The Bertz CT molecular complexity index is 1000. The molecule has 0 radical (unpaired) electrons. The molecule has 5 nitrogen and oxygen atoms in total. The molecule has 2 aliphatic rings. The van der Waals surface area contributed by atoms with E-state index in [0.29, 0.717) is 10.9 Å². The van der Waals surface area contributed by atoms with Gasteiger partial charge in [0.1, 0.15) is 5.70 Å². The number of carbonyl (C=O) groups excluding carboxylic acids is 1. The highest BCUT2D eigenvalue weighted by Gasteiger charge is 2.34. The molecule has 2 aliphatic heterocycles. The number of hydrazone groups is 1. The van der Waals surface area contributed by atoms with Crippen molar-refractivity contribution in [3.63, 3.8) is 0 Å². The van der Waals surface area contributed by atoms with Gasteiger partial charge in [-0.2, -0.15) is 11.3 Å². The highest BCUT2D eigenvalue weighted by molar-refractivity contribution is 9.10. The number of amides is 1. The molecular formula is C19H19BrN4OS2. The third-order valence-electron chi connectivity index (χ3n) is 4.40. The lowest BCUT2D eigenvalue weighted by molar-refractivity contribution is -0.116. The molecule has 0 unspecified atom stereocenters. The van der Waals surface area contributed by atoms with Gasteiger partial charge in [0.2, 0.25) is 0 Å². The molecule has 140 valence electrons. The molecule has 1 amide bonds. The van der Waals surface area contributed by atoms with E-state index < -0.39 is 0 Å². The Morgan fingerprint density at radius 3 is 3.00 bits per heavy atom.